The zero-order chi connectivity index (χ0) is 23.3. The highest BCUT2D eigenvalue weighted by atomic mass is 31.0. The lowest BCUT2D eigenvalue weighted by Gasteiger charge is -2.26. The Morgan fingerprint density at radius 1 is 0.867 bits per heavy atom. The molecule has 0 aliphatic heterocycles. The molecule has 2 aromatic rings. The number of benzene rings is 2. The third-order valence-corrected chi connectivity index (χ3v) is 4.68. The number of ketones is 1. The van der Waals surface area contributed by atoms with Crippen molar-refractivity contribution in [3.05, 3.63) is 70.3 Å². The van der Waals surface area contributed by atoms with Gasteiger partial charge in [0.25, 0.3) is 0 Å². The number of esters is 1. The van der Waals surface area contributed by atoms with Crippen LogP contribution in [0.4, 0.5) is 0 Å². The van der Waals surface area contributed by atoms with E-state index in [0.717, 1.165) is 11.1 Å². The number of rotatable bonds is 4. The summed E-state index contributed by atoms with van der Waals surface area (Å²) in [6, 6.07) is 13.3. The second-order valence-electron chi connectivity index (χ2n) is 9.48. The molecule has 4 nitrogen and oxygen atoms in total. The van der Waals surface area contributed by atoms with Crippen LogP contribution in [0.15, 0.2) is 42.5 Å². The number of aryl methyl sites for hydroxylation is 2. The fourth-order valence-corrected chi connectivity index (χ4v) is 3.33. The first-order chi connectivity index (χ1) is 13.8. The van der Waals surface area contributed by atoms with E-state index in [-0.39, 0.29) is 11.2 Å². The topological polar surface area (TPSA) is 60.4 Å². The van der Waals surface area contributed by atoms with Gasteiger partial charge in [-0.3, -0.25) is 9.59 Å². The van der Waals surface area contributed by atoms with Crippen molar-refractivity contribution in [3.8, 4) is 0 Å². The minimum absolute atomic E-state index is 0.0128. The van der Waals surface area contributed by atoms with Gasteiger partial charge in [-0.1, -0.05) is 67.8 Å². The first-order valence-electron chi connectivity index (χ1n) is 9.98. The Morgan fingerprint density at radius 2 is 1.33 bits per heavy atom. The molecule has 0 aliphatic carbocycles. The predicted octanol–water partition coefficient (Wildman–Crippen LogP) is 6.12. The first kappa shape index (κ1) is 25.7. The summed E-state index contributed by atoms with van der Waals surface area (Å²) in [5, 5.41) is 0. The summed E-state index contributed by atoms with van der Waals surface area (Å²) in [5.74, 6) is -1.70. The third kappa shape index (κ3) is 6.60. The van der Waals surface area contributed by atoms with E-state index in [9.17, 15) is 9.59 Å². The van der Waals surface area contributed by atoms with Crippen molar-refractivity contribution < 1.29 is 18.9 Å². The summed E-state index contributed by atoms with van der Waals surface area (Å²) >= 11 is 0. The van der Waals surface area contributed by atoms with Gasteiger partial charge in [0.1, 0.15) is 11.5 Å². The van der Waals surface area contributed by atoms with Gasteiger partial charge in [-0.05, 0) is 62.3 Å². The highest BCUT2D eigenvalue weighted by Crippen LogP contribution is 2.31. The molecule has 162 valence electrons. The standard InChI is InChI=1S/C25H32O3.H2OP/c1-16-14-19(24(3,4)5)15-17(2)20(16)22(26)21(18-12-10-9-11-13-18)23(27)28-25(6,7)8;1-2/h9-15,21H,1-8H3;2H2/q;+1. The minimum Gasteiger partial charge on any atom is -0.459 e. The average molecular weight is 430 g/mol. The van der Waals surface area contributed by atoms with Crippen molar-refractivity contribution in [2.24, 2.45) is 0 Å². The summed E-state index contributed by atoms with van der Waals surface area (Å²) in [7, 11) is 1.17. The second kappa shape index (κ2) is 10.1. The molecule has 2 atom stereocenters. The SMILES string of the molecule is Cc1cc(C(C)(C)C)cc(C)c1C(=O)C(C(=O)OC(C)(C)C)c1ccccc1.O=[PH2+]. The molecule has 30 heavy (non-hydrogen) atoms. The van der Waals surface area contributed by atoms with Gasteiger partial charge in [-0.25, -0.2) is 0 Å². The van der Waals surface area contributed by atoms with Gasteiger partial charge >= 0.3 is 15.1 Å². The molecule has 2 aromatic carbocycles. The van der Waals surface area contributed by atoms with Crippen LogP contribution >= 0.6 is 9.12 Å². The zero-order valence-corrected chi connectivity index (χ0v) is 20.5. The third-order valence-electron chi connectivity index (χ3n) is 4.68. The van der Waals surface area contributed by atoms with Crippen LogP contribution in [0.1, 0.15) is 80.1 Å². The summed E-state index contributed by atoms with van der Waals surface area (Å²) in [5.41, 5.74) is 3.53. The van der Waals surface area contributed by atoms with E-state index in [0.29, 0.717) is 11.1 Å². The minimum atomic E-state index is -0.974. The molecule has 0 saturated heterocycles. The largest absolute Gasteiger partial charge is 0.459 e. The number of Topliss-reactive ketones (excluding diaryl/α,β-unsaturated/α-hetero) is 1. The molecule has 0 bridgehead atoms. The molecule has 0 radical (unpaired) electrons. The number of carbonyl (C=O) groups is 2. The van der Waals surface area contributed by atoms with Gasteiger partial charge < -0.3 is 4.74 Å². The lowest BCUT2D eigenvalue weighted by molar-refractivity contribution is -0.155. The van der Waals surface area contributed by atoms with Gasteiger partial charge in [0, 0.05) is 5.56 Å². The summed E-state index contributed by atoms with van der Waals surface area (Å²) in [6.45, 7) is 15.8. The normalized spacial score (nSPS) is 12.4. The van der Waals surface area contributed by atoms with Crippen LogP contribution in [0.5, 0.6) is 0 Å². The molecule has 2 rings (SSSR count). The monoisotopic (exact) mass is 429 g/mol. The highest BCUT2D eigenvalue weighted by Gasteiger charge is 2.35. The number of carbonyl (C=O) groups excluding carboxylic acids is 2. The van der Waals surface area contributed by atoms with Gasteiger partial charge in [-0.15, -0.1) is 0 Å². The summed E-state index contributed by atoms with van der Waals surface area (Å²) in [4.78, 5) is 26.6. The predicted molar refractivity (Wildman–Crippen MR) is 124 cm³/mol. The Morgan fingerprint density at radius 3 is 1.73 bits per heavy atom. The quantitative estimate of drug-likeness (QED) is 0.254. The fraction of sp³-hybridized carbons (Fsp3) is 0.440. The molecule has 0 fully saturated rings. The summed E-state index contributed by atoms with van der Waals surface area (Å²) < 4.78 is 13.8. The Bertz CT molecular complexity index is 867. The molecule has 0 aromatic heterocycles. The lowest BCUT2D eigenvalue weighted by atomic mass is 9.81. The van der Waals surface area contributed by atoms with Crippen molar-refractivity contribution in [2.45, 2.75) is 72.3 Å². The molecular weight excluding hydrogens is 395 g/mol. The molecule has 2 unspecified atom stereocenters. The Balaban J connectivity index is 0.00000218. The average Bonchev–Trinajstić information content (AvgIpc) is 2.61. The molecule has 0 saturated carbocycles. The van der Waals surface area contributed by atoms with Gasteiger partial charge in [0.05, 0.1) is 0 Å². The summed E-state index contributed by atoms with van der Waals surface area (Å²) in [6.07, 6.45) is 0. The van der Waals surface area contributed by atoms with E-state index in [1.807, 2.05) is 52.8 Å². The number of ether oxygens (including phenoxy) is 1. The van der Waals surface area contributed by atoms with Crippen LogP contribution in [-0.2, 0) is 19.5 Å². The fourth-order valence-electron chi connectivity index (χ4n) is 3.33. The van der Waals surface area contributed by atoms with Crippen LogP contribution in [0.25, 0.3) is 0 Å². The van der Waals surface area contributed by atoms with Crippen molar-refractivity contribution >= 4 is 20.9 Å². The van der Waals surface area contributed by atoms with Crippen LogP contribution in [0, 0.1) is 13.8 Å². The van der Waals surface area contributed by atoms with E-state index >= 15 is 0 Å². The van der Waals surface area contributed by atoms with Crippen LogP contribution in [0.3, 0.4) is 0 Å². The maximum absolute atomic E-state index is 13.6. The van der Waals surface area contributed by atoms with Crippen molar-refractivity contribution in [1.82, 2.24) is 0 Å². The molecule has 0 N–H and O–H groups in total. The first-order valence-corrected chi connectivity index (χ1v) is 10.5. The van der Waals surface area contributed by atoms with E-state index in [1.54, 1.807) is 12.1 Å². The molecule has 0 amide bonds. The molecular formula is C25H34O4P+. The van der Waals surface area contributed by atoms with E-state index < -0.39 is 17.5 Å². The van der Waals surface area contributed by atoms with Crippen molar-refractivity contribution in [3.63, 3.8) is 0 Å². The number of hydrogen-bond donors (Lipinski definition) is 0. The van der Waals surface area contributed by atoms with Gasteiger partial charge in [0.15, 0.2) is 5.78 Å². The van der Waals surface area contributed by atoms with E-state index in [4.69, 9.17) is 9.30 Å². The smallest absolute Gasteiger partial charge is 0.321 e. The Hall–Kier alpha value is -2.32. The van der Waals surface area contributed by atoms with E-state index in [1.165, 1.54) is 14.7 Å². The molecule has 0 heterocycles. The lowest BCUT2D eigenvalue weighted by Crippen LogP contribution is -2.32. The maximum Gasteiger partial charge on any atom is 0.321 e. The number of hydrogen-bond acceptors (Lipinski definition) is 4. The van der Waals surface area contributed by atoms with Gasteiger partial charge in [-0.2, -0.15) is 0 Å². The molecule has 0 aliphatic rings. The van der Waals surface area contributed by atoms with Crippen LogP contribution in [0.2, 0.25) is 0 Å². The second-order valence-corrected chi connectivity index (χ2v) is 9.48. The molecule has 5 heteroatoms. The van der Waals surface area contributed by atoms with Gasteiger partial charge in [0.2, 0.25) is 0 Å². The van der Waals surface area contributed by atoms with Crippen molar-refractivity contribution in [2.75, 3.05) is 0 Å². The van der Waals surface area contributed by atoms with E-state index in [2.05, 4.69) is 32.9 Å². The van der Waals surface area contributed by atoms with Crippen LogP contribution in [-0.4, -0.2) is 17.4 Å². The van der Waals surface area contributed by atoms with Crippen molar-refractivity contribution in [1.29, 1.82) is 0 Å². The van der Waals surface area contributed by atoms with Crippen LogP contribution < -0.4 is 0 Å². The maximum atomic E-state index is 13.6. The highest BCUT2D eigenvalue weighted by molar-refractivity contribution is 7.00. The molecule has 0 spiro atoms. The Kier molecular flexibility index (Phi) is 8.68. The Labute approximate surface area is 182 Å². The zero-order valence-electron chi connectivity index (χ0n) is 19.3.